The third-order valence-electron chi connectivity index (χ3n) is 10.5. The zero-order chi connectivity index (χ0) is 44.4. The van der Waals surface area contributed by atoms with Crippen LogP contribution in [-0.4, -0.2) is 59.7 Å². The standard InChI is InChI=1S/C50H52Cl4N2O6/c1-7-60-25-9-23-55-41-27-31(3)11-21-37(41)39(33-13-17-35(58-5)18-14-33)29-50(44-43(49(57)62-50)45(51)47(53)48(54)46(44)52)30-40(34-15-19-36(59-6)20-16-34)38-22-12-32(4)28-42(38)56-24-10-26-61-8-2/h11-22,27-30,55-56H,7-10,23-26H2,1-6H3. The van der Waals surface area contributed by atoms with Gasteiger partial charge in [-0.3, -0.25) is 0 Å². The van der Waals surface area contributed by atoms with E-state index in [0.29, 0.717) is 51.0 Å². The number of fused-ring (bicyclic) bond motifs is 1. The number of rotatable bonds is 20. The number of anilines is 2. The van der Waals surface area contributed by atoms with Crippen LogP contribution in [0.3, 0.4) is 0 Å². The van der Waals surface area contributed by atoms with Gasteiger partial charge in [-0.05, 0) is 122 Å². The molecule has 326 valence electrons. The van der Waals surface area contributed by atoms with Crippen molar-refractivity contribution < 1.29 is 28.5 Å². The summed E-state index contributed by atoms with van der Waals surface area (Å²) in [4.78, 5) is 14.5. The first-order chi connectivity index (χ1) is 29.9. The van der Waals surface area contributed by atoms with Gasteiger partial charge in [0, 0.05) is 67.6 Å². The molecule has 6 rings (SSSR count). The Balaban J connectivity index is 1.71. The van der Waals surface area contributed by atoms with Crippen LogP contribution in [-0.2, 0) is 19.8 Å². The van der Waals surface area contributed by atoms with Crippen LogP contribution in [0.2, 0.25) is 20.1 Å². The van der Waals surface area contributed by atoms with Gasteiger partial charge in [0.25, 0.3) is 0 Å². The van der Waals surface area contributed by atoms with Gasteiger partial charge in [0.1, 0.15) is 11.5 Å². The van der Waals surface area contributed by atoms with E-state index >= 15 is 0 Å². The summed E-state index contributed by atoms with van der Waals surface area (Å²) in [5.74, 6) is 0.645. The Morgan fingerprint density at radius 3 is 1.48 bits per heavy atom. The second-order valence-electron chi connectivity index (χ2n) is 14.8. The summed E-state index contributed by atoms with van der Waals surface area (Å²) in [5, 5.41) is 7.24. The van der Waals surface area contributed by atoms with E-state index in [4.69, 9.17) is 70.1 Å². The fraction of sp³-hybridized carbons (Fsp3) is 0.300. The van der Waals surface area contributed by atoms with E-state index in [1.165, 1.54) is 0 Å². The Labute approximate surface area is 385 Å². The average Bonchev–Trinajstić information content (AvgIpc) is 3.57. The summed E-state index contributed by atoms with van der Waals surface area (Å²) in [6.45, 7) is 11.9. The van der Waals surface area contributed by atoms with Crippen LogP contribution in [0.15, 0.2) is 97.1 Å². The molecule has 0 saturated heterocycles. The molecule has 0 spiro atoms. The number of halogens is 4. The van der Waals surface area contributed by atoms with Gasteiger partial charge in [-0.1, -0.05) is 94.9 Å². The maximum absolute atomic E-state index is 14.5. The van der Waals surface area contributed by atoms with E-state index in [9.17, 15) is 4.79 Å². The van der Waals surface area contributed by atoms with E-state index in [0.717, 1.165) is 68.7 Å². The molecule has 0 aliphatic carbocycles. The summed E-state index contributed by atoms with van der Waals surface area (Å²) in [6.07, 6.45) is 5.43. The molecule has 0 radical (unpaired) electrons. The molecule has 0 amide bonds. The van der Waals surface area contributed by atoms with Gasteiger partial charge >= 0.3 is 5.97 Å². The molecule has 1 aliphatic rings. The van der Waals surface area contributed by atoms with Crippen LogP contribution in [0, 0.1) is 13.8 Å². The van der Waals surface area contributed by atoms with Crippen LogP contribution < -0.4 is 20.1 Å². The third kappa shape index (κ3) is 10.6. The van der Waals surface area contributed by atoms with E-state index in [1.54, 1.807) is 14.2 Å². The van der Waals surface area contributed by atoms with Crippen molar-refractivity contribution in [3.05, 3.63) is 162 Å². The lowest BCUT2D eigenvalue weighted by atomic mass is 9.82. The number of cyclic esters (lactones) is 1. The summed E-state index contributed by atoms with van der Waals surface area (Å²) in [6, 6.07) is 27.9. The minimum Gasteiger partial charge on any atom is -0.497 e. The molecule has 8 nitrogen and oxygen atoms in total. The molecule has 62 heavy (non-hydrogen) atoms. The predicted molar refractivity (Wildman–Crippen MR) is 255 cm³/mol. The Hall–Kier alpha value is -4.67. The molecule has 0 unspecified atom stereocenters. The highest BCUT2D eigenvalue weighted by molar-refractivity contribution is 6.53. The normalized spacial score (nSPS) is 15.0. The summed E-state index contributed by atoms with van der Waals surface area (Å²) < 4.78 is 29.1. The third-order valence-corrected chi connectivity index (χ3v) is 12.3. The van der Waals surface area contributed by atoms with Gasteiger partial charge in [0.2, 0.25) is 0 Å². The smallest absolute Gasteiger partial charge is 0.341 e. The lowest BCUT2D eigenvalue weighted by molar-refractivity contribution is 0.0300. The number of hydrogen-bond acceptors (Lipinski definition) is 8. The van der Waals surface area contributed by atoms with Gasteiger partial charge in [-0.25, -0.2) is 4.79 Å². The fourth-order valence-electron chi connectivity index (χ4n) is 7.46. The van der Waals surface area contributed by atoms with Gasteiger partial charge in [0.15, 0.2) is 5.60 Å². The first kappa shape index (κ1) is 46.8. The molecule has 0 fully saturated rings. The minimum absolute atomic E-state index is 0.00228. The van der Waals surface area contributed by atoms with Crippen molar-refractivity contribution in [3.63, 3.8) is 0 Å². The number of esters is 1. The molecule has 5 aromatic rings. The number of carbonyl (C=O) groups excluding carboxylic acids is 1. The van der Waals surface area contributed by atoms with Crippen molar-refractivity contribution in [2.75, 3.05) is 64.4 Å². The Kier molecular flexibility index (Phi) is 16.3. The summed E-state index contributed by atoms with van der Waals surface area (Å²) in [5.41, 5.74) is 7.18. The van der Waals surface area contributed by atoms with Gasteiger partial charge < -0.3 is 34.3 Å². The molecule has 0 aromatic heterocycles. The second-order valence-corrected chi connectivity index (χ2v) is 16.3. The van der Waals surface area contributed by atoms with Crippen LogP contribution in [0.4, 0.5) is 11.4 Å². The summed E-state index contributed by atoms with van der Waals surface area (Å²) in [7, 11) is 3.25. The van der Waals surface area contributed by atoms with Crippen molar-refractivity contribution in [1.29, 1.82) is 0 Å². The zero-order valence-corrected chi connectivity index (χ0v) is 38.9. The number of aryl methyl sites for hydroxylation is 2. The number of methoxy groups -OCH3 is 2. The van der Waals surface area contributed by atoms with E-state index in [-0.39, 0.29) is 31.2 Å². The molecule has 1 aliphatic heterocycles. The number of carbonyl (C=O) groups is 1. The minimum atomic E-state index is -1.72. The molecule has 1 heterocycles. The molecule has 2 N–H and O–H groups in total. The largest absolute Gasteiger partial charge is 0.497 e. The number of nitrogens with one attached hydrogen (secondary N) is 2. The lowest BCUT2D eigenvalue weighted by Crippen LogP contribution is -2.23. The second kappa shape index (κ2) is 21.6. The predicted octanol–water partition coefficient (Wildman–Crippen LogP) is 13.2. The summed E-state index contributed by atoms with van der Waals surface area (Å²) >= 11 is 27.8. The molecular formula is C50H52Cl4N2O6. The maximum Gasteiger partial charge on any atom is 0.341 e. The molecule has 12 heteroatoms. The van der Waals surface area contributed by atoms with Gasteiger partial charge in [0.05, 0.1) is 39.9 Å². The number of hydrogen-bond donors (Lipinski definition) is 2. The Morgan fingerprint density at radius 2 is 1.06 bits per heavy atom. The first-order valence-electron chi connectivity index (χ1n) is 20.6. The highest BCUT2D eigenvalue weighted by atomic mass is 35.5. The quantitative estimate of drug-likeness (QED) is 0.0346. The highest BCUT2D eigenvalue weighted by Gasteiger charge is 2.48. The average molecular weight is 919 g/mol. The van der Waals surface area contributed by atoms with E-state index in [2.05, 4.69) is 34.9 Å². The van der Waals surface area contributed by atoms with Crippen LogP contribution in [0.5, 0.6) is 11.5 Å². The van der Waals surface area contributed by atoms with E-state index in [1.807, 2.05) is 101 Å². The fourth-order valence-corrected chi connectivity index (χ4v) is 8.53. The zero-order valence-electron chi connectivity index (χ0n) is 35.9. The monoisotopic (exact) mass is 916 g/mol. The Morgan fingerprint density at radius 1 is 0.629 bits per heavy atom. The lowest BCUT2D eigenvalue weighted by Gasteiger charge is -2.28. The molecule has 5 aromatic carbocycles. The topological polar surface area (TPSA) is 87.3 Å². The van der Waals surface area contributed by atoms with Crippen molar-refractivity contribution in [3.8, 4) is 11.5 Å². The van der Waals surface area contributed by atoms with Crippen LogP contribution in [0.25, 0.3) is 11.1 Å². The Bertz CT molecular complexity index is 2310. The van der Waals surface area contributed by atoms with Crippen molar-refractivity contribution in [2.45, 2.75) is 46.1 Å². The van der Waals surface area contributed by atoms with Crippen LogP contribution >= 0.6 is 46.4 Å². The number of benzene rings is 5. The van der Waals surface area contributed by atoms with Gasteiger partial charge in [-0.15, -0.1) is 0 Å². The van der Waals surface area contributed by atoms with Crippen molar-refractivity contribution in [1.82, 2.24) is 0 Å². The van der Waals surface area contributed by atoms with Gasteiger partial charge in [-0.2, -0.15) is 0 Å². The van der Waals surface area contributed by atoms with Crippen molar-refractivity contribution >= 4 is 74.9 Å². The highest BCUT2D eigenvalue weighted by Crippen LogP contribution is 2.54. The molecular weight excluding hydrogens is 866 g/mol. The molecule has 0 saturated carbocycles. The molecule has 0 bridgehead atoms. The van der Waals surface area contributed by atoms with E-state index < -0.39 is 11.6 Å². The van der Waals surface area contributed by atoms with Crippen LogP contribution in [0.1, 0.15) is 76.0 Å². The molecule has 0 atom stereocenters. The van der Waals surface area contributed by atoms with Crippen molar-refractivity contribution in [2.24, 2.45) is 0 Å². The number of ether oxygens (including phenoxy) is 5. The first-order valence-corrected chi connectivity index (χ1v) is 22.2. The maximum atomic E-state index is 14.5. The SMILES string of the molecule is CCOCCCNc1cc(C)ccc1C(=CC1(C=C(c2ccc(OC)cc2)c2ccc(C)cc2NCCCOCC)OC(=O)c2c(Cl)c(Cl)c(Cl)c(Cl)c21)c1ccc(OC)cc1.